The van der Waals surface area contributed by atoms with Gasteiger partial charge in [0.05, 0.1) is 0 Å². The molecular formula is C73H120O6. The van der Waals surface area contributed by atoms with Gasteiger partial charge in [0.1, 0.15) is 13.2 Å². The molecule has 1 unspecified atom stereocenters. The van der Waals surface area contributed by atoms with E-state index < -0.39 is 6.10 Å². The van der Waals surface area contributed by atoms with E-state index in [0.717, 1.165) is 141 Å². The third-order valence-corrected chi connectivity index (χ3v) is 13.6. The molecule has 6 nitrogen and oxygen atoms in total. The molecule has 0 aromatic heterocycles. The van der Waals surface area contributed by atoms with Crippen LogP contribution in [0.25, 0.3) is 0 Å². The van der Waals surface area contributed by atoms with E-state index in [2.05, 4.69) is 154 Å². The van der Waals surface area contributed by atoms with E-state index in [1.807, 2.05) is 0 Å². The van der Waals surface area contributed by atoms with E-state index >= 15 is 0 Å². The van der Waals surface area contributed by atoms with Crippen LogP contribution < -0.4 is 0 Å². The van der Waals surface area contributed by atoms with E-state index in [9.17, 15) is 14.4 Å². The van der Waals surface area contributed by atoms with Crippen molar-refractivity contribution in [1.82, 2.24) is 0 Å². The molecule has 0 saturated heterocycles. The molecule has 0 amide bonds. The molecule has 0 bridgehead atoms. The van der Waals surface area contributed by atoms with Gasteiger partial charge in [-0.1, -0.05) is 270 Å². The van der Waals surface area contributed by atoms with Gasteiger partial charge in [0.25, 0.3) is 0 Å². The summed E-state index contributed by atoms with van der Waals surface area (Å²) in [5.41, 5.74) is 0. The van der Waals surface area contributed by atoms with E-state index in [1.54, 1.807) is 0 Å². The van der Waals surface area contributed by atoms with Crippen LogP contribution in [0, 0.1) is 0 Å². The maximum absolute atomic E-state index is 12.9. The van der Waals surface area contributed by atoms with Gasteiger partial charge >= 0.3 is 17.9 Å². The molecule has 0 spiro atoms. The Morgan fingerprint density at radius 3 is 0.772 bits per heavy atom. The highest BCUT2D eigenvalue weighted by atomic mass is 16.6. The number of hydrogen-bond donors (Lipinski definition) is 0. The fourth-order valence-electron chi connectivity index (χ4n) is 8.79. The van der Waals surface area contributed by atoms with Crippen molar-refractivity contribution in [2.24, 2.45) is 0 Å². The van der Waals surface area contributed by atoms with E-state index in [0.29, 0.717) is 19.3 Å². The summed E-state index contributed by atoms with van der Waals surface area (Å²) < 4.78 is 16.9. The van der Waals surface area contributed by atoms with E-state index in [4.69, 9.17) is 14.2 Å². The Balaban J connectivity index is 4.47. The van der Waals surface area contributed by atoms with Crippen LogP contribution in [-0.2, 0) is 28.6 Å². The Bertz CT molecular complexity index is 1680. The molecule has 0 heterocycles. The lowest BCUT2D eigenvalue weighted by Crippen LogP contribution is -2.30. The predicted molar refractivity (Wildman–Crippen MR) is 343 cm³/mol. The molecule has 1 atom stereocenters. The van der Waals surface area contributed by atoms with Crippen LogP contribution in [0.1, 0.15) is 290 Å². The minimum atomic E-state index is -0.802. The van der Waals surface area contributed by atoms with Crippen LogP contribution in [0.5, 0.6) is 0 Å². The molecule has 79 heavy (non-hydrogen) atoms. The topological polar surface area (TPSA) is 78.9 Å². The smallest absolute Gasteiger partial charge is 0.306 e. The molecule has 0 N–H and O–H groups in total. The first-order chi connectivity index (χ1) is 39.0. The standard InChI is InChI=1S/C73H120O6/c1-4-7-10-13-16-19-22-25-28-31-33-35-36-38-39-42-45-48-51-54-57-60-63-66-72(75)78-69-70(68-77-71(74)65-62-59-56-53-50-47-44-41-30-27-24-21-18-15-12-9-6-3)79-73(76)67-64-61-58-55-52-49-46-43-40-37-34-32-29-26-23-20-17-14-11-8-5-2/h7,9-10,12,16,18-19,21,23,25-28,30,32-35,38-39,45,48,70H,4-6,8,11,13-15,17,20,22,24,29,31,36-37,40-44,46-47,49-69H2,1-3H3/b10-7-,12-9-,19-16-,21-18-,26-23-,28-25-,30-27-,34-32-,35-33-,39-38-,48-45-. The van der Waals surface area contributed by atoms with Crippen molar-refractivity contribution >= 4 is 17.9 Å². The summed E-state index contributed by atoms with van der Waals surface area (Å²) in [4.78, 5) is 38.4. The number of hydrogen-bond acceptors (Lipinski definition) is 6. The van der Waals surface area contributed by atoms with Crippen LogP contribution in [0.2, 0.25) is 0 Å². The van der Waals surface area contributed by atoms with Crippen molar-refractivity contribution in [2.45, 2.75) is 297 Å². The first-order valence-electron chi connectivity index (χ1n) is 32.7. The lowest BCUT2D eigenvalue weighted by molar-refractivity contribution is -0.167. The Morgan fingerprint density at radius 2 is 0.494 bits per heavy atom. The Kier molecular flexibility index (Phi) is 62.3. The van der Waals surface area contributed by atoms with Crippen molar-refractivity contribution in [2.75, 3.05) is 13.2 Å². The predicted octanol–water partition coefficient (Wildman–Crippen LogP) is 22.5. The molecule has 448 valence electrons. The van der Waals surface area contributed by atoms with Crippen LogP contribution in [0.4, 0.5) is 0 Å². The summed E-state index contributed by atoms with van der Waals surface area (Å²) in [7, 11) is 0. The minimum Gasteiger partial charge on any atom is -0.462 e. The molecule has 0 aliphatic heterocycles. The van der Waals surface area contributed by atoms with Gasteiger partial charge in [-0.2, -0.15) is 0 Å². The fourth-order valence-corrected chi connectivity index (χ4v) is 8.79. The van der Waals surface area contributed by atoms with Crippen LogP contribution in [0.15, 0.2) is 134 Å². The third kappa shape index (κ3) is 64.3. The Morgan fingerprint density at radius 1 is 0.266 bits per heavy atom. The highest BCUT2D eigenvalue weighted by Crippen LogP contribution is 2.15. The van der Waals surface area contributed by atoms with Gasteiger partial charge < -0.3 is 14.2 Å². The minimum absolute atomic E-state index is 0.0968. The van der Waals surface area contributed by atoms with Crippen LogP contribution in [-0.4, -0.2) is 37.2 Å². The van der Waals surface area contributed by atoms with Crippen molar-refractivity contribution in [3.8, 4) is 0 Å². The van der Waals surface area contributed by atoms with E-state index in [-0.39, 0.29) is 31.1 Å². The average Bonchev–Trinajstić information content (AvgIpc) is 3.45. The Labute approximate surface area is 487 Å². The quantitative estimate of drug-likeness (QED) is 0.0261. The normalized spacial score (nSPS) is 13.0. The van der Waals surface area contributed by atoms with Crippen molar-refractivity contribution < 1.29 is 28.6 Å². The zero-order valence-corrected chi connectivity index (χ0v) is 51.3. The lowest BCUT2D eigenvalue weighted by Gasteiger charge is -2.18. The molecule has 0 rings (SSSR count). The highest BCUT2D eigenvalue weighted by molar-refractivity contribution is 5.71. The van der Waals surface area contributed by atoms with Gasteiger partial charge in [-0.25, -0.2) is 0 Å². The molecule has 6 heteroatoms. The summed E-state index contributed by atoms with van der Waals surface area (Å²) in [6.45, 7) is 6.39. The maximum Gasteiger partial charge on any atom is 0.306 e. The van der Waals surface area contributed by atoms with Crippen LogP contribution >= 0.6 is 0 Å². The van der Waals surface area contributed by atoms with Gasteiger partial charge in [-0.15, -0.1) is 0 Å². The first-order valence-corrected chi connectivity index (χ1v) is 32.7. The monoisotopic (exact) mass is 1090 g/mol. The third-order valence-electron chi connectivity index (χ3n) is 13.6. The fraction of sp³-hybridized carbons (Fsp3) is 0.658. The molecule has 0 saturated carbocycles. The molecule has 0 aliphatic rings. The molecule has 0 aliphatic carbocycles. The number of esters is 3. The number of rotatable bonds is 58. The second-order valence-corrected chi connectivity index (χ2v) is 21.3. The summed E-state index contributed by atoms with van der Waals surface area (Å²) >= 11 is 0. The number of allylic oxidation sites excluding steroid dienone is 22. The Hall–Kier alpha value is -4.45. The highest BCUT2D eigenvalue weighted by Gasteiger charge is 2.19. The van der Waals surface area contributed by atoms with Gasteiger partial charge in [0, 0.05) is 19.3 Å². The van der Waals surface area contributed by atoms with Gasteiger partial charge in [-0.3, -0.25) is 14.4 Å². The summed E-state index contributed by atoms with van der Waals surface area (Å²) in [6, 6.07) is 0. The molecular weight excluding hydrogens is 973 g/mol. The maximum atomic E-state index is 12.9. The number of carbonyl (C=O) groups is 3. The largest absolute Gasteiger partial charge is 0.462 e. The summed E-state index contributed by atoms with van der Waals surface area (Å²) in [5.74, 6) is -0.931. The second-order valence-electron chi connectivity index (χ2n) is 21.3. The number of carbonyl (C=O) groups excluding carboxylic acids is 3. The molecule has 0 aromatic carbocycles. The lowest BCUT2D eigenvalue weighted by atomic mass is 10.1. The van der Waals surface area contributed by atoms with Crippen LogP contribution in [0.3, 0.4) is 0 Å². The van der Waals surface area contributed by atoms with Crippen molar-refractivity contribution in [3.63, 3.8) is 0 Å². The molecule has 0 radical (unpaired) electrons. The van der Waals surface area contributed by atoms with Gasteiger partial charge in [-0.05, 0) is 135 Å². The van der Waals surface area contributed by atoms with Crippen molar-refractivity contribution in [1.29, 1.82) is 0 Å². The molecule has 0 aromatic rings. The summed E-state index contributed by atoms with van der Waals surface area (Å²) in [5, 5.41) is 0. The number of unbranched alkanes of at least 4 members (excludes halogenated alkanes) is 25. The van der Waals surface area contributed by atoms with Gasteiger partial charge in [0.15, 0.2) is 6.10 Å². The molecule has 0 fully saturated rings. The average molecular weight is 1090 g/mol. The number of ether oxygens (including phenoxy) is 3. The zero-order chi connectivity index (χ0) is 57.1. The van der Waals surface area contributed by atoms with Crippen molar-refractivity contribution in [3.05, 3.63) is 134 Å². The summed E-state index contributed by atoms with van der Waals surface area (Å²) in [6.07, 6.45) is 93.0. The van der Waals surface area contributed by atoms with Gasteiger partial charge in [0.2, 0.25) is 0 Å². The SMILES string of the molecule is CC/C=C\C/C=C\C/C=C\C/C=C\C/C=C\C/C=C\CCCCCCC(=O)OCC(COC(=O)CCCCCCCCC/C=C\C/C=C\C/C=C\CC)OC(=O)CCCCCCCCCCC/C=C\C/C=C\CCCCCCC. The zero-order valence-electron chi connectivity index (χ0n) is 51.3. The van der Waals surface area contributed by atoms with E-state index in [1.165, 1.54) is 109 Å². The second kappa shape index (κ2) is 66.1. The first kappa shape index (κ1) is 74.5.